The molecular formula is C12H21N3O. The van der Waals surface area contributed by atoms with E-state index in [9.17, 15) is 0 Å². The molecule has 1 heterocycles. The molecule has 1 atom stereocenters. The van der Waals surface area contributed by atoms with Crippen molar-refractivity contribution in [3.05, 3.63) is 23.0 Å². The lowest BCUT2D eigenvalue weighted by Crippen LogP contribution is -2.20. The molecule has 4 nitrogen and oxygen atoms in total. The summed E-state index contributed by atoms with van der Waals surface area (Å²) in [6.07, 6.45) is 1.87. The summed E-state index contributed by atoms with van der Waals surface area (Å²) in [5.41, 5.74) is 9.02. The van der Waals surface area contributed by atoms with Gasteiger partial charge in [0.05, 0.1) is 24.0 Å². The molecule has 0 radical (unpaired) electrons. The van der Waals surface area contributed by atoms with Crippen molar-refractivity contribution in [2.45, 2.75) is 39.7 Å². The molecule has 0 spiro atoms. The van der Waals surface area contributed by atoms with E-state index in [-0.39, 0.29) is 6.04 Å². The molecule has 1 aromatic heterocycles. The minimum Gasteiger partial charge on any atom is -0.379 e. The first-order valence-electron chi connectivity index (χ1n) is 5.85. The third-order valence-electron chi connectivity index (χ3n) is 2.41. The first kappa shape index (κ1) is 13.1. The zero-order chi connectivity index (χ0) is 12.0. The zero-order valence-corrected chi connectivity index (χ0v) is 10.4. The molecule has 1 unspecified atom stereocenters. The van der Waals surface area contributed by atoms with Crippen LogP contribution < -0.4 is 5.73 Å². The van der Waals surface area contributed by atoms with Gasteiger partial charge in [-0.15, -0.1) is 0 Å². The highest BCUT2D eigenvalue weighted by molar-refractivity contribution is 5.24. The third-order valence-corrected chi connectivity index (χ3v) is 2.41. The Labute approximate surface area is 97.2 Å². The van der Waals surface area contributed by atoms with Crippen LogP contribution in [0.1, 0.15) is 43.3 Å². The van der Waals surface area contributed by atoms with E-state index < -0.39 is 0 Å². The molecule has 0 saturated heterocycles. The first-order chi connectivity index (χ1) is 7.69. The van der Waals surface area contributed by atoms with Crippen LogP contribution in [-0.2, 0) is 11.2 Å². The van der Waals surface area contributed by atoms with Crippen LogP contribution in [0.25, 0.3) is 0 Å². The van der Waals surface area contributed by atoms with Crippen LogP contribution in [0, 0.1) is 6.92 Å². The average molecular weight is 223 g/mol. The number of rotatable bonds is 6. The Morgan fingerprint density at radius 3 is 2.75 bits per heavy atom. The van der Waals surface area contributed by atoms with Gasteiger partial charge in [0, 0.05) is 6.61 Å². The molecule has 0 saturated carbocycles. The van der Waals surface area contributed by atoms with E-state index in [0.717, 1.165) is 36.4 Å². The molecule has 1 rings (SSSR count). The Morgan fingerprint density at radius 1 is 1.38 bits per heavy atom. The van der Waals surface area contributed by atoms with Gasteiger partial charge in [0.15, 0.2) is 0 Å². The Balaban J connectivity index is 2.72. The van der Waals surface area contributed by atoms with Crippen molar-refractivity contribution in [3.8, 4) is 0 Å². The highest BCUT2D eigenvalue weighted by atomic mass is 16.5. The average Bonchev–Trinajstić information content (AvgIpc) is 2.29. The van der Waals surface area contributed by atoms with E-state index in [1.54, 1.807) is 0 Å². The maximum absolute atomic E-state index is 6.09. The molecule has 0 aromatic carbocycles. The highest BCUT2D eigenvalue weighted by Gasteiger charge is 2.12. The van der Waals surface area contributed by atoms with Crippen molar-refractivity contribution in [2.75, 3.05) is 13.2 Å². The van der Waals surface area contributed by atoms with E-state index >= 15 is 0 Å². The molecule has 1 aromatic rings. The Hall–Kier alpha value is -1.00. The normalized spacial score (nSPS) is 12.8. The van der Waals surface area contributed by atoms with Crippen molar-refractivity contribution >= 4 is 0 Å². The van der Waals surface area contributed by atoms with Crippen molar-refractivity contribution in [1.29, 1.82) is 0 Å². The molecule has 0 aliphatic carbocycles. The summed E-state index contributed by atoms with van der Waals surface area (Å²) >= 11 is 0. The van der Waals surface area contributed by atoms with Crippen molar-refractivity contribution in [2.24, 2.45) is 5.73 Å². The van der Waals surface area contributed by atoms with E-state index in [0.29, 0.717) is 6.61 Å². The zero-order valence-electron chi connectivity index (χ0n) is 10.4. The second kappa shape index (κ2) is 6.55. The second-order valence-electron chi connectivity index (χ2n) is 3.92. The smallest absolute Gasteiger partial charge is 0.0677 e. The number of aromatic nitrogens is 2. The molecular weight excluding hydrogens is 202 g/mol. The van der Waals surface area contributed by atoms with Crippen LogP contribution in [0.2, 0.25) is 0 Å². The maximum atomic E-state index is 6.09. The predicted octanol–water partition coefficient (Wildman–Crippen LogP) is 1.77. The van der Waals surface area contributed by atoms with Gasteiger partial charge < -0.3 is 10.5 Å². The van der Waals surface area contributed by atoms with Crippen molar-refractivity contribution < 1.29 is 4.74 Å². The Kier molecular flexibility index (Phi) is 5.35. The molecule has 90 valence electrons. The van der Waals surface area contributed by atoms with E-state index in [1.165, 1.54) is 0 Å². The van der Waals surface area contributed by atoms with Gasteiger partial charge in [0.25, 0.3) is 0 Å². The largest absolute Gasteiger partial charge is 0.379 e. The van der Waals surface area contributed by atoms with E-state index in [4.69, 9.17) is 10.5 Å². The van der Waals surface area contributed by atoms with Gasteiger partial charge in [0.2, 0.25) is 0 Å². The fraction of sp³-hybridized carbons (Fsp3) is 0.667. The van der Waals surface area contributed by atoms with Gasteiger partial charge in [-0.2, -0.15) is 10.2 Å². The molecule has 2 N–H and O–H groups in total. The van der Waals surface area contributed by atoms with Crippen molar-refractivity contribution in [1.82, 2.24) is 10.2 Å². The summed E-state index contributed by atoms with van der Waals surface area (Å²) in [6.45, 7) is 7.37. The summed E-state index contributed by atoms with van der Waals surface area (Å²) in [5.74, 6) is 0. The SMILES string of the molecule is CCCOCC(N)c1cc(C)nnc1CC. The van der Waals surface area contributed by atoms with Crippen LogP contribution in [0.4, 0.5) is 0 Å². The van der Waals surface area contributed by atoms with Crippen LogP contribution in [0.15, 0.2) is 6.07 Å². The molecule has 0 amide bonds. The fourth-order valence-electron chi connectivity index (χ4n) is 1.57. The predicted molar refractivity (Wildman–Crippen MR) is 64.2 cm³/mol. The minimum atomic E-state index is -0.101. The maximum Gasteiger partial charge on any atom is 0.0677 e. The van der Waals surface area contributed by atoms with Crippen LogP contribution >= 0.6 is 0 Å². The standard InChI is InChI=1S/C12H21N3O/c1-4-6-16-8-11(13)10-7-9(3)14-15-12(10)5-2/h7,11H,4-6,8,13H2,1-3H3. The summed E-state index contributed by atoms with van der Waals surface area (Å²) < 4.78 is 5.47. The van der Waals surface area contributed by atoms with E-state index in [1.807, 2.05) is 13.0 Å². The number of aryl methyl sites for hydroxylation is 2. The molecule has 4 heteroatoms. The first-order valence-corrected chi connectivity index (χ1v) is 5.85. The lowest BCUT2D eigenvalue weighted by atomic mass is 10.0. The summed E-state index contributed by atoms with van der Waals surface area (Å²) in [4.78, 5) is 0. The molecule has 0 bridgehead atoms. The summed E-state index contributed by atoms with van der Waals surface area (Å²) in [6, 6.07) is 1.90. The lowest BCUT2D eigenvalue weighted by Gasteiger charge is -2.15. The van der Waals surface area contributed by atoms with Crippen molar-refractivity contribution in [3.63, 3.8) is 0 Å². The van der Waals surface area contributed by atoms with Gasteiger partial charge in [-0.25, -0.2) is 0 Å². The quantitative estimate of drug-likeness (QED) is 0.747. The second-order valence-corrected chi connectivity index (χ2v) is 3.92. The molecule has 0 aliphatic heterocycles. The van der Waals surface area contributed by atoms with Gasteiger partial charge in [-0.3, -0.25) is 0 Å². The molecule has 0 aliphatic rings. The Morgan fingerprint density at radius 2 is 2.12 bits per heavy atom. The highest BCUT2D eigenvalue weighted by Crippen LogP contribution is 2.15. The topological polar surface area (TPSA) is 61.0 Å². The number of hydrogen-bond acceptors (Lipinski definition) is 4. The monoisotopic (exact) mass is 223 g/mol. The summed E-state index contributed by atoms with van der Waals surface area (Å²) in [7, 11) is 0. The van der Waals surface area contributed by atoms with Gasteiger partial charge in [-0.1, -0.05) is 13.8 Å². The van der Waals surface area contributed by atoms with Gasteiger partial charge >= 0.3 is 0 Å². The lowest BCUT2D eigenvalue weighted by molar-refractivity contribution is 0.121. The number of ether oxygens (including phenoxy) is 1. The number of hydrogen-bond donors (Lipinski definition) is 1. The molecule has 0 fully saturated rings. The number of nitrogens with two attached hydrogens (primary N) is 1. The van der Waals surface area contributed by atoms with Crippen LogP contribution in [-0.4, -0.2) is 23.4 Å². The Bertz CT molecular complexity index is 328. The van der Waals surface area contributed by atoms with E-state index in [2.05, 4.69) is 24.0 Å². The minimum absolute atomic E-state index is 0.101. The fourth-order valence-corrected chi connectivity index (χ4v) is 1.57. The van der Waals surface area contributed by atoms with Gasteiger partial charge in [0.1, 0.15) is 0 Å². The van der Waals surface area contributed by atoms with Crippen LogP contribution in [0.5, 0.6) is 0 Å². The number of nitrogens with zero attached hydrogens (tertiary/aromatic N) is 2. The van der Waals surface area contributed by atoms with Crippen LogP contribution in [0.3, 0.4) is 0 Å². The van der Waals surface area contributed by atoms with Gasteiger partial charge in [-0.05, 0) is 31.4 Å². The summed E-state index contributed by atoms with van der Waals surface area (Å²) in [5, 5.41) is 8.20. The third kappa shape index (κ3) is 3.54. The molecule has 16 heavy (non-hydrogen) atoms.